The van der Waals surface area contributed by atoms with Gasteiger partial charge in [0, 0.05) is 16.5 Å². The van der Waals surface area contributed by atoms with Crippen LogP contribution in [0.15, 0.2) is 35.7 Å². The zero-order chi connectivity index (χ0) is 15.9. The molecule has 2 rings (SSSR count). The highest BCUT2D eigenvalue weighted by Crippen LogP contribution is 2.18. The maximum Gasteiger partial charge on any atom is 0.311 e. The topological polar surface area (TPSA) is 68.3 Å². The second-order valence-electron chi connectivity index (χ2n) is 4.24. The van der Waals surface area contributed by atoms with Gasteiger partial charge in [0.05, 0.1) is 19.2 Å². The normalized spacial score (nSPS) is 10.6. The summed E-state index contributed by atoms with van der Waals surface area (Å²) in [6.07, 6.45) is 3.08. The average Bonchev–Trinajstić information content (AvgIpc) is 2.93. The zero-order valence-electron chi connectivity index (χ0n) is 11.7. The number of esters is 1. The maximum absolute atomic E-state index is 11.8. The van der Waals surface area contributed by atoms with Crippen molar-refractivity contribution >= 4 is 46.0 Å². The largest absolute Gasteiger partial charge is 0.469 e. The molecule has 0 saturated carbocycles. The number of ether oxygens (including phenoxy) is 1. The smallest absolute Gasteiger partial charge is 0.311 e. The van der Waals surface area contributed by atoms with Crippen molar-refractivity contribution in [3.05, 3.63) is 52.0 Å². The van der Waals surface area contributed by atoms with E-state index in [9.17, 15) is 9.59 Å². The molecule has 1 aromatic heterocycles. The van der Waals surface area contributed by atoms with Gasteiger partial charge in [-0.3, -0.25) is 14.9 Å². The molecular weight excluding hydrogens is 324 g/mol. The number of thiazole rings is 1. The Labute approximate surface area is 136 Å². The summed E-state index contributed by atoms with van der Waals surface area (Å²) < 4.78 is 4.56. The summed E-state index contributed by atoms with van der Waals surface area (Å²) in [5, 5.41) is 5.32. The molecule has 1 amide bonds. The van der Waals surface area contributed by atoms with Gasteiger partial charge in [0.1, 0.15) is 0 Å². The Bertz CT molecular complexity index is 712. The van der Waals surface area contributed by atoms with Gasteiger partial charge < -0.3 is 4.74 Å². The molecule has 0 aliphatic carbocycles. The lowest BCUT2D eigenvalue weighted by atomic mass is 10.2. The van der Waals surface area contributed by atoms with Crippen LogP contribution >= 0.6 is 22.9 Å². The van der Waals surface area contributed by atoms with Crippen LogP contribution in [0.4, 0.5) is 5.13 Å². The maximum atomic E-state index is 11.8. The monoisotopic (exact) mass is 336 g/mol. The van der Waals surface area contributed by atoms with Gasteiger partial charge in [-0.25, -0.2) is 4.98 Å². The predicted octanol–water partition coefficient (Wildman–Crippen LogP) is 3.16. The minimum absolute atomic E-state index is 0.0817. The van der Waals surface area contributed by atoms with E-state index in [4.69, 9.17) is 11.6 Å². The number of anilines is 1. The first-order valence-corrected chi connectivity index (χ1v) is 7.59. The molecule has 0 radical (unpaired) electrons. The molecule has 0 aliphatic rings. The first kappa shape index (κ1) is 16.2. The van der Waals surface area contributed by atoms with E-state index in [0.717, 1.165) is 5.56 Å². The summed E-state index contributed by atoms with van der Waals surface area (Å²) in [7, 11) is 1.32. The van der Waals surface area contributed by atoms with Gasteiger partial charge in [0.15, 0.2) is 5.13 Å². The van der Waals surface area contributed by atoms with Gasteiger partial charge >= 0.3 is 5.97 Å². The number of hydrogen-bond donors (Lipinski definition) is 1. The molecule has 7 heteroatoms. The van der Waals surface area contributed by atoms with Crippen LogP contribution < -0.4 is 5.32 Å². The van der Waals surface area contributed by atoms with Crippen LogP contribution in [0.2, 0.25) is 5.02 Å². The van der Waals surface area contributed by atoms with Crippen molar-refractivity contribution in [1.82, 2.24) is 4.98 Å². The molecule has 0 atom stereocenters. The minimum Gasteiger partial charge on any atom is -0.469 e. The third-order valence-electron chi connectivity index (χ3n) is 2.65. The molecule has 0 saturated heterocycles. The van der Waals surface area contributed by atoms with E-state index in [2.05, 4.69) is 15.0 Å². The van der Waals surface area contributed by atoms with Gasteiger partial charge in [-0.2, -0.15) is 0 Å². The van der Waals surface area contributed by atoms with Crippen LogP contribution in [0.3, 0.4) is 0 Å². The van der Waals surface area contributed by atoms with Crippen molar-refractivity contribution in [2.24, 2.45) is 0 Å². The van der Waals surface area contributed by atoms with Crippen molar-refractivity contribution < 1.29 is 14.3 Å². The number of nitrogens with zero attached hydrogens (tertiary/aromatic N) is 1. The lowest BCUT2D eigenvalue weighted by molar-refractivity contribution is -0.139. The van der Waals surface area contributed by atoms with Gasteiger partial charge in [-0.15, -0.1) is 11.3 Å². The molecule has 22 heavy (non-hydrogen) atoms. The Morgan fingerprint density at radius 3 is 2.91 bits per heavy atom. The second-order valence-corrected chi connectivity index (χ2v) is 5.51. The number of methoxy groups -OCH3 is 1. The number of nitrogens with one attached hydrogen (secondary N) is 1. The van der Waals surface area contributed by atoms with Gasteiger partial charge in [0.25, 0.3) is 0 Å². The molecule has 0 fully saturated rings. The quantitative estimate of drug-likeness (QED) is 0.672. The molecule has 0 spiro atoms. The molecule has 1 aromatic carbocycles. The summed E-state index contributed by atoms with van der Waals surface area (Å²) in [5.41, 5.74) is 1.31. The van der Waals surface area contributed by atoms with E-state index in [1.165, 1.54) is 24.5 Å². The van der Waals surface area contributed by atoms with Crippen LogP contribution in [-0.2, 0) is 20.7 Å². The minimum atomic E-state index is -0.373. The van der Waals surface area contributed by atoms with Crippen LogP contribution in [0.25, 0.3) is 6.08 Å². The van der Waals surface area contributed by atoms with Gasteiger partial charge in [-0.1, -0.05) is 29.8 Å². The highest BCUT2D eigenvalue weighted by atomic mass is 35.5. The van der Waals surface area contributed by atoms with E-state index >= 15 is 0 Å². The third kappa shape index (κ3) is 4.68. The Balaban J connectivity index is 1.95. The standard InChI is InChI=1S/C15H13ClN2O3S/c1-21-14(20)8-11-9-22-15(17-11)18-13(19)7-6-10-4-2-3-5-12(10)16/h2-7,9H,8H2,1H3,(H,17,18,19)/b7-6+. The number of halogens is 1. The number of carbonyl (C=O) groups excluding carboxylic acids is 2. The highest BCUT2D eigenvalue weighted by Gasteiger charge is 2.08. The highest BCUT2D eigenvalue weighted by molar-refractivity contribution is 7.14. The van der Waals surface area contributed by atoms with E-state index in [1.54, 1.807) is 17.5 Å². The molecule has 1 N–H and O–H groups in total. The first-order chi connectivity index (χ1) is 10.6. The summed E-state index contributed by atoms with van der Waals surface area (Å²) in [4.78, 5) is 27.1. The van der Waals surface area contributed by atoms with Crippen molar-refractivity contribution in [3.8, 4) is 0 Å². The molecule has 1 heterocycles. The zero-order valence-corrected chi connectivity index (χ0v) is 13.3. The van der Waals surface area contributed by atoms with Crippen LogP contribution in [0.5, 0.6) is 0 Å². The van der Waals surface area contributed by atoms with Crippen LogP contribution in [0.1, 0.15) is 11.3 Å². The Hall–Kier alpha value is -2.18. The Morgan fingerprint density at radius 2 is 2.18 bits per heavy atom. The Kier molecular flexibility index (Phi) is 5.68. The first-order valence-electron chi connectivity index (χ1n) is 6.33. The van der Waals surface area contributed by atoms with Gasteiger partial charge in [0.2, 0.25) is 5.91 Å². The fraction of sp³-hybridized carbons (Fsp3) is 0.133. The van der Waals surface area contributed by atoms with Crippen LogP contribution in [0, 0.1) is 0 Å². The number of amides is 1. The van der Waals surface area contributed by atoms with Crippen molar-refractivity contribution in [2.45, 2.75) is 6.42 Å². The molecule has 0 aliphatic heterocycles. The summed E-state index contributed by atoms with van der Waals surface area (Å²) in [6, 6.07) is 7.21. The lowest BCUT2D eigenvalue weighted by Crippen LogP contribution is -2.08. The summed E-state index contributed by atoms with van der Waals surface area (Å²) in [6.45, 7) is 0. The number of hydrogen-bond acceptors (Lipinski definition) is 5. The summed E-state index contributed by atoms with van der Waals surface area (Å²) in [5.74, 6) is -0.694. The molecule has 5 nitrogen and oxygen atoms in total. The van der Waals surface area contributed by atoms with Crippen molar-refractivity contribution in [1.29, 1.82) is 0 Å². The number of carbonyl (C=O) groups is 2. The molecule has 2 aromatic rings. The number of rotatable bonds is 5. The Morgan fingerprint density at radius 1 is 1.41 bits per heavy atom. The van der Waals surface area contributed by atoms with E-state index in [1.807, 2.05) is 18.2 Å². The predicted molar refractivity (Wildman–Crippen MR) is 86.9 cm³/mol. The summed E-state index contributed by atoms with van der Waals surface area (Å²) >= 11 is 7.24. The van der Waals surface area contributed by atoms with Gasteiger partial charge in [-0.05, 0) is 17.7 Å². The van der Waals surface area contributed by atoms with E-state index in [-0.39, 0.29) is 18.3 Å². The molecule has 0 unspecified atom stereocenters. The average molecular weight is 337 g/mol. The van der Waals surface area contributed by atoms with E-state index in [0.29, 0.717) is 15.8 Å². The second kappa shape index (κ2) is 7.72. The van der Waals surface area contributed by atoms with E-state index < -0.39 is 0 Å². The fourth-order valence-electron chi connectivity index (χ4n) is 1.59. The van der Waals surface area contributed by atoms with Crippen molar-refractivity contribution in [2.75, 3.05) is 12.4 Å². The number of aromatic nitrogens is 1. The molecule has 0 bridgehead atoms. The SMILES string of the molecule is COC(=O)Cc1csc(NC(=O)/C=C/c2ccccc2Cl)n1. The lowest BCUT2D eigenvalue weighted by Gasteiger charge is -1.98. The van der Waals surface area contributed by atoms with Crippen molar-refractivity contribution in [3.63, 3.8) is 0 Å². The fourth-order valence-corrected chi connectivity index (χ4v) is 2.50. The molecular formula is C15H13ClN2O3S. The molecule has 114 valence electrons. The van der Waals surface area contributed by atoms with Crippen LogP contribution in [-0.4, -0.2) is 24.0 Å². The number of benzene rings is 1. The third-order valence-corrected chi connectivity index (χ3v) is 3.81.